The fourth-order valence-electron chi connectivity index (χ4n) is 2.54. The van der Waals surface area contributed by atoms with Gasteiger partial charge in [-0.1, -0.05) is 6.92 Å². The SMILES string of the molecule is CCNC(=O)NC(=O)C(C)OC(=O)c1csc2c1CCC(C)C2. The predicted octanol–water partition coefficient (Wildman–Crippen LogP) is 2.26. The highest BCUT2D eigenvalue weighted by molar-refractivity contribution is 7.10. The highest BCUT2D eigenvalue weighted by Crippen LogP contribution is 2.33. The van der Waals surface area contributed by atoms with Gasteiger partial charge in [0.05, 0.1) is 5.56 Å². The molecule has 2 rings (SSSR count). The van der Waals surface area contributed by atoms with Crippen LogP contribution in [0.3, 0.4) is 0 Å². The van der Waals surface area contributed by atoms with Gasteiger partial charge in [-0.3, -0.25) is 10.1 Å². The summed E-state index contributed by atoms with van der Waals surface area (Å²) in [4.78, 5) is 36.7. The lowest BCUT2D eigenvalue weighted by molar-refractivity contribution is -0.127. The molecule has 0 aromatic carbocycles. The molecular formula is C16H22N2O4S. The number of imide groups is 1. The Labute approximate surface area is 139 Å². The molecule has 1 aromatic rings. The molecule has 2 N–H and O–H groups in total. The molecule has 6 nitrogen and oxygen atoms in total. The fraction of sp³-hybridized carbons (Fsp3) is 0.562. The second-order valence-corrected chi connectivity index (χ2v) is 6.76. The van der Waals surface area contributed by atoms with Gasteiger partial charge in [0.15, 0.2) is 6.10 Å². The lowest BCUT2D eigenvalue weighted by atomic mass is 9.88. The van der Waals surface area contributed by atoms with Crippen LogP contribution in [0.25, 0.3) is 0 Å². The van der Waals surface area contributed by atoms with Gasteiger partial charge in [0.2, 0.25) is 0 Å². The zero-order valence-corrected chi connectivity index (χ0v) is 14.4. The Balaban J connectivity index is 1.97. The Morgan fingerprint density at radius 1 is 1.43 bits per heavy atom. The van der Waals surface area contributed by atoms with E-state index in [4.69, 9.17) is 4.74 Å². The van der Waals surface area contributed by atoms with Crippen molar-refractivity contribution in [3.8, 4) is 0 Å². The van der Waals surface area contributed by atoms with Crippen LogP contribution in [-0.2, 0) is 22.4 Å². The van der Waals surface area contributed by atoms with Crippen molar-refractivity contribution in [3.05, 3.63) is 21.4 Å². The first-order chi connectivity index (χ1) is 10.9. The molecule has 2 unspecified atom stereocenters. The van der Waals surface area contributed by atoms with Crippen molar-refractivity contribution in [1.29, 1.82) is 0 Å². The molecule has 3 amide bonds. The molecule has 1 aliphatic rings. The summed E-state index contributed by atoms with van der Waals surface area (Å²) in [5, 5.41) is 6.39. The first-order valence-electron chi connectivity index (χ1n) is 7.81. The van der Waals surface area contributed by atoms with Gasteiger partial charge in [-0.2, -0.15) is 0 Å². The topological polar surface area (TPSA) is 84.5 Å². The normalized spacial score (nSPS) is 17.8. The van der Waals surface area contributed by atoms with Crippen LogP contribution in [0.15, 0.2) is 5.38 Å². The summed E-state index contributed by atoms with van der Waals surface area (Å²) in [6.07, 6.45) is 1.88. The molecule has 0 fully saturated rings. The van der Waals surface area contributed by atoms with Crippen molar-refractivity contribution >= 4 is 29.2 Å². The van der Waals surface area contributed by atoms with Gasteiger partial charge in [-0.05, 0) is 44.6 Å². The van der Waals surface area contributed by atoms with E-state index in [9.17, 15) is 14.4 Å². The average molecular weight is 338 g/mol. The molecule has 2 atom stereocenters. The second kappa shape index (κ2) is 7.59. The number of fused-ring (bicyclic) bond motifs is 1. The minimum Gasteiger partial charge on any atom is -0.449 e. The molecule has 1 aliphatic carbocycles. The van der Waals surface area contributed by atoms with Crippen molar-refractivity contribution in [2.75, 3.05) is 6.54 Å². The fourth-order valence-corrected chi connectivity index (χ4v) is 3.78. The smallest absolute Gasteiger partial charge is 0.340 e. The number of thiophene rings is 1. The summed E-state index contributed by atoms with van der Waals surface area (Å²) < 4.78 is 5.20. The Kier molecular flexibility index (Phi) is 5.76. The maximum Gasteiger partial charge on any atom is 0.340 e. The molecule has 0 bridgehead atoms. The van der Waals surface area contributed by atoms with Gasteiger partial charge in [-0.25, -0.2) is 9.59 Å². The molecule has 1 aromatic heterocycles. The standard InChI is InChI=1S/C16H22N2O4S/c1-4-17-16(21)18-14(19)10(3)22-15(20)12-8-23-13-7-9(2)5-6-11(12)13/h8-10H,4-7H2,1-3H3,(H2,17,18,19,21). The third-order valence-electron chi connectivity index (χ3n) is 3.85. The highest BCUT2D eigenvalue weighted by atomic mass is 32.1. The van der Waals surface area contributed by atoms with Crippen molar-refractivity contribution < 1.29 is 19.1 Å². The van der Waals surface area contributed by atoms with Crippen molar-refractivity contribution in [1.82, 2.24) is 10.6 Å². The summed E-state index contributed by atoms with van der Waals surface area (Å²) in [6, 6.07) is -0.595. The minimum atomic E-state index is -1.02. The number of carbonyl (C=O) groups excluding carboxylic acids is 3. The Bertz CT molecular complexity index is 611. The molecule has 7 heteroatoms. The van der Waals surface area contributed by atoms with E-state index in [1.807, 2.05) is 0 Å². The largest absolute Gasteiger partial charge is 0.449 e. The van der Waals surface area contributed by atoms with Crippen LogP contribution in [0.4, 0.5) is 4.79 Å². The number of ether oxygens (including phenoxy) is 1. The number of hydrogen-bond acceptors (Lipinski definition) is 5. The summed E-state index contributed by atoms with van der Waals surface area (Å²) in [6.45, 7) is 5.81. The van der Waals surface area contributed by atoms with E-state index in [0.29, 0.717) is 18.0 Å². The van der Waals surface area contributed by atoms with E-state index >= 15 is 0 Å². The number of carbonyl (C=O) groups is 3. The van der Waals surface area contributed by atoms with Crippen LogP contribution in [-0.4, -0.2) is 30.6 Å². The summed E-state index contributed by atoms with van der Waals surface area (Å²) in [5.41, 5.74) is 1.60. The quantitative estimate of drug-likeness (QED) is 0.825. The van der Waals surface area contributed by atoms with Crippen molar-refractivity contribution in [3.63, 3.8) is 0 Å². The zero-order valence-electron chi connectivity index (χ0n) is 13.6. The first-order valence-corrected chi connectivity index (χ1v) is 8.69. The van der Waals surface area contributed by atoms with E-state index < -0.39 is 24.0 Å². The maximum atomic E-state index is 12.3. The molecule has 0 spiro atoms. The Morgan fingerprint density at radius 3 is 2.87 bits per heavy atom. The number of esters is 1. The predicted molar refractivity (Wildman–Crippen MR) is 87.6 cm³/mol. The molecule has 0 aliphatic heterocycles. The third kappa shape index (κ3) is 4.31. The van der Waals surface area contributed by atoms with Crippen LogP contribution in [0.1, 0.15) is 48.0 Å². The van der Waals surface area contributed by atoms with Crippen molar-refractivity contribution in [2.45, 2.75) is 46.1 Å². The molecule has 0 radical (unpaired) electrons. The van der Waals surface area contributed by atoms with Crippen LogP contribution in [0.2, 0.25) is 0 Å². The van der Waals surface area contributed by atoms with E-state index in [0.717, 1.165) is 24.8 Å². The maximum absolute atomic E-state index is 12.3. The number of rotatable bonds is 4. The van der Waals surface area contributed by atoms with Gasteiger partial charge < -0.3 is 10.1 Å². The van der Waals surface area contributed by atoms with E-state index in [2.05, 4.69) is 17.6 Å². The molecule has 23 heavy (non-hydrogen) atoms. The molecule has 126 valence electrons. The van der Waals surface area contributed by atoms with Crippen LogP contribution >= 0.6 is 11.3 Å². The zero-order chi connectivity index (χ0) is 17.0. The average Bonchev–Trinajstić information content (AvgIpc) is 2.90. The summed E-state index contributed by atoms with van der Waals surface area (Å²) in [7, 11) is 0. The number of nitrogens with one attached hydrogen (secondary N) is 2. The Morgan fingerprint density at radius 2 is 2.17 bits per heavy atom. The van der Waals surface area contributed by atoms with Gasteiger partial charge in [0, 0.05) is 16.8 Å². The van der Waals surface area contributed by atoms with Gasteiger partial charge >= 0.3 is 12.0 Å². The number of urea groups is 1. The van der Waals surface area contributed by atoms with Gasteiger partial charge in [0.25, 0.3) is 5.91 Å². The minimum absolute atomic E-state index is 0.409. The monoisotopic (exact) mass is 338 g/mol. The van der Waals surface area contributed by atoms with Gasteiger partial charge in [-0.15, -0.1) is 11.3 Å². The summed E-state index contributed by atoms with van der Waals surface area (Å²) >= 11 is 1.57. The third-order valence-corrected chi connectivity index (χ3v) is 4.90. The van der Waals surface area contributed by atoms with Crippen molar-refractivity contribution in [2.24, 2.45) is 5.92 Å². The molecule has 1 heterocycles. The van der Waals surface area contributed by atoms with Crippen LogP contribution in [0.5, 0.6) is 0 Å². The second-order valence-electron chi connectivity index (χ2n) is 5.80. The number of hydrogen-bond donors (Lipinski definition) is 2. The lowest BCUT2D eigenvalue weighted by Crippen LogP contribution is -2.44. The molecule has 0 saturated heterocycles. The Hall–Kier alpha value is -1.89. The van der Waals surface area contributed by atoms with Gasteiger partial charge in [0.1, 0.15) is 0 Å². The number of amides is 3. The van der Waals surface area contributed by atoms with E-state index in [1.54, 1.807) is 23.6 Å². The molecule has 0 saturated carbocycles. The van der Waals surface area contributed by atoms with E-state index in [1.165, 1.54) is 11.8 Å². The van der Waals surface area contributed by atoms with Crippen LogP contribution in [0, 0.1) is 5.92 Å². The lowest BCUT2D eigenvalue weighted by Gasteiger charge is -2.19. The molecular weight excluding hydrogens is 316 g/mol. The highest BCUT2D eigenvalue weighted by Gasteiger charge is 2.26. The first kappa shape index (κ1) is 17.5. The van der Waals surface area contributed by atoms with E-state index in [-0.39, 0.29) is 0 Å². The summed E-state index contributed by atoms with van der Waals surface area (Å²) in [5.74, 6) is -0.510. The van der Waals surface area contributed by atoms with Crippen LogP contribution < -0.4 is 10.6 Å².